The molecular weight excluding hydrogens is 327 g/mol. The van der Waals surface area contributed by atoms with Crippen LogP contribution in [0.15, 0.2) is 24.3 Å². The van der Waals surface area contributed by atoms with Crippen molar-refractivity contribution in [3.05, 3.63) is 34.9 Å². The van der Waals surface area contributed by atoms with E-state index in [1.165, 1.54) is 5.56 Å². The molecule has 116 valence electrons. The van der Waals surface area contributed by atoms with E-state index in [2.05, 4.69) is 10.2 Å². The molecular formula is C15H20Cl2N2OS. The average molecular weight is 347 g/mol. The number of benzene rings is 1. The molecule has 0 saturated carbocycles. The van der Waals surface area contributed by atoms with Gasteiger partial charge < -0.3 is 10.2 Å². The number of carbonyl (C=O) groups excluding carboxylic acids is 1. The van der Waals surface area contributed by atoms with Gasteiger partial charge in [-0.2, -0.15) is 11.8 Å². The molecule has 1 aromatic rings. The number of thioether (sulfide) groups is 1. The van der Waals surface area contributed by atoms with Gasteiger partial charge in [-0.05, 0) is 30.7 Å². The number of hydrogen-bond acceptors (Lipinski definition) is 3. The van der Waals surface area contributed by atoms with Gasteiger partial charge in [0.25, 0.3) is 0 Å². The summed E-state index contributed by atoms with van der Waals surface area (Å²) in [5.41, 5.74) is 1.20. The Morgan fingerprint density at radius 3 is 2.76 bits per heavy atom. The number of carbonyl (C=O) groups is 1. The van der Waals surface area contributed by atoms with Crippen LogP contribution in [0, 0.1) is 5.92 Å². The second-order valence-electron chi connectivity index (χ2n) is 5.36. The first-order valence-electron chi connectivity index (χ1n) is 7.10. The number of hydrogen-bond donors (Lipinski definition) is 1. The molecule has 21 heavy (non-hydrogen) atoms. The molecule has 0 aliphatic carbocycles. The first kappa shape index (κ1) is 16.9. The van der Waals surface area contributed by atoms with Gasteiger partial charge in [-0.1, -0.05) is 23.7 Å². The molecule has 3 rings (SSSR count). The summed E-state index contributed by atoms with van der Waals surface area (Å²) in [5, 5.41) is 4.03. The van der Waals surface area contributed by atoms with Crippen LogP contribution in [0.3, 0.4) is 0 Å². The van der Waals surface area contributed by atoms with Crippen LogP contribution in [-0.2, 0) is 4.79 Å². The van der Waals surface area contributed by atoms with Crippen LogP contribution in [0.1, 0.15) is 18.0 Å². The molecule has 0 aromatic heterocycles. The van der Waals surface area contributed by atoms with E-state index in [1.807, 2.05) is 36.0 Å². The molecule has 2 aliphatic rings. The SMILES string of the molecule is Cl.O=C(C1CCNC1)N1CCSCC1c1ccc(Cl)cc1. The monoisotopic (exact) mass is 346 g/mol. The van der Waals surface area contributed by atoms with Crippen molar-refractivity contribution in [2.75, 3.05) is 31.1 Å². The van der Waals surface area contributed by atoms with Crippen LogP contribution in [0.2, 0.25) is 5.02 Å². The molecule has 3 nitrogen and oxygen atoms in total. The first-order valence-corrected chi connectivity index (χ1v) is 8.63. The minimum atomic E-state index is 0. The van der Waals surface area contributed by atoms with Crippen molar-refractivity contribution in [2.24, 2.45) is 5.92 Å². The maximum absolute atomic E-state index is 12.7. The Balaban J connectivity index is 0.00000161. The van der Waals surface area contributed by atoms with E-state index in [0.29, 0.717) is 5.91 Å². The molecule has 2 heterocycles. The van der Waals surface area contributed by atoms with E-state index in [-0.39, 0.29) is 24.4 Å². The summed E-state index contributed by atoms with van der Waals surface area (Å²) in [6.07, 6.45) is 0.968. The average Bonchev–Trinajstić information content (AvgIpc) is 3.02. The van der Waals surface area contributed by atoms with Crippen molar-refractivity contribution >= 4 is 41.7 Å². The highest BCUT2D eigenvalue weighted by Gasteiger charge is 2.33. The lowest BCUT2D eigenvalue weighted by atomic mass is 10.0. The number of amides is 1. The second kappa shape index (κ2) is 7.73. The van der Waals surface area contributed by atoms with Crippen molar-refractivity contribution < 1.29 is 4.79 Å². The van der Waals surface area contributed by atoms with Gasteiger partial charge >= 0.3 is 0 Å². The Morgan fingerprint density at radius 1 is 1.33 bits per heavy atom. The van der Waals surface area contributed by atoms with Crippen LogP contribution in [0.25, 0.3) is 0 Å². The van der Waals surface area contributed by atoms with Gasteiger partial charge in [-0.15, -0.1) is 12.4 Å². The quantitative estimate of drug-likeness (QED) is 0.893. The molecule has 2 unspecified atom stereocenters. The van der Waals surface area contributed by atoms with Gasteiger partial charge in [0.2, 0.25) is 5.91 Å². The maximum Gasteiger partial charge on any atom is 0.227 e. The molecule has 1 amide bonds. The number of nitrogens with zero attached hydrogens (tertiary/aromatic N) is 1. The maximum atomic E-state index is 12.7. The van der Waals surface area contributed by atoms with E-state index in [9.17, 15) is 4.79 Å². The van der Waals surface area contributed by atoms with E-state index in [4.69, 9.17) is 11.6 Å². The Hall–Kier alpha value is -0.420. The molecule has 2 fully saturated rings. The van der Waals surface area contributed by atoms with Crippen molar-refractivity contribution in [1.29, 1.82) is 0 Å². The Labute approximate surface area is 141 Å². The number of halogens is 2. The van der Waals surface area contributed by atoms with Gasteiger partial charge in [-0.3, -0.25) is 4.79 Å². The fourth-order valence-electron chi connectivity index (χ4n) is 2.93. The van der Waals surface area contributed by atoms with Crippen LogP contribution >= 0.6 is 35.8 Å². The minimum absolute atomic E-state index is 0. The van der Waals surface area contributed by atoms with Gasteiger partial charge in [-0.25, -0.2) is 0 Å². The van der Waals surface area contributed by atoms with E-state index >= 15 is 0 Å². The summed E-state index contributed by atoms with van der Waals surface area (Å²) in [5.74, 6) is 2.49. The Kier molecular flexibility index (Phi) is 6.23. The molecule has 1 aromatic carbocycles. The highest BCUT2D eigenvalue weighted by molar-refractivity contribution is 7.99. The normalized spacial score (nSPS) is 25.5. The van der Waals surface area contributed by atoms with Crippen molar-refractivity contribution in [3.63, 3.8) is 0 Å². The van der Waals surface area contributed by atoms with Gasteiger partial charge in [0.05, 0.1) is 12.0 Å². The summed E-state index contributed by atoms with van der Waals surface area (Å²) in [7, 11) is 0. The molecule has 2 atom stereocenters. The summed E-state index contributed by atoms with van der Waals surface area (Å²) in [6, 6.07) is 8.11. The topological polar surface area (TPSA) is 32.3 Å². The molecule has 0 bridgehead atoms. The fraction of sp³-hybridized carbons (Fsp3) is 0.533. The van der Waals surface area contributed by atoms with E-state index in [1.54, 1.807) is 0 Å². The molecule has 2 aliphatic heterocycles. The van der Waals surface area contributed by atoms with Gasteiger partial charge in [0.15, 0.2) is 0 Å². The zero-order chi connectivity index (χ0) is 13.9. The summed E-state index contributed by atoms with van der Waals surface area (Å²) < 4.78 is 0. The molecule has 0 radical (unpaired) electrons. The van der Waals surface area contributed by atoms with Crippen molar-refractivity contribution in [2.45, 2.75) is 12.5 Å². The van der Waals surface area contributed by atoms with Gasteiger partial charge in [0, 0.05) is 29.6 Å². The number of nitrogens with one attached hydrogen (secondary N) is 1. The molecule has 2 saturated heterocycles. The first-order chi connectivity index (χ1) is 9.75. The zero-order valence-corrected chi connectivity index (χ0v) is 14.1. The van der Waals surface area contributed by atoms with Gasteiger partial charge in [0.1, 0.15) is 0 Å². The Bertz CT molecular complexity index is 477. The smallest absolute Gasteiger partial charge is 0.227 e. The summed E-state index contributed by atoms with van der Waals surface area (Å²) in [4.78, 5) is 14.8. The van der Waals surface area contributed by atoms with E-state index < -0.39 is 0 Å². The van der Waals surface area contributed by atoms with E-state index in [0.717, 1.165) is 42.6 Å². The minimum Gasteiger partial charge on any atom is -0.334 e. The highest BCUT2D eigenvalue weighted by Crippen LogP contribution is 2.32. The largest absolute Gasteiger partial charge is 0.334 e. The third-order valence-electron chi connectivity index (χ3n) is 4.08. The molecule has 0 spiro atoms. The predicted molar refractivity (Wildman–Crippen MR) is 91.5 cm³/mol. The predicted octanol–water partition coefficient (Wildman–Crippen LogP) is 2.99. The van der Waals surface area contributed by atoms with Crippen LogP contribution < -0.4 is 5.32 Å². The van der Waals surface area contributed by atoms with Crippen molar-refractivity contribution in [1.82, 2.24) is 10.2 Å². The second-order valence-corrected chi connectivity index (χ2v) is 6.95. The molecule has 1 N–H and O–H groups in total. The highest BCUT2D eigenvalue weighted by atomic mass is 35.5. The lowest BCUT2D eigenvalue weighted by Gasteiger charge is -2.37. The van der Waals surface area contributed by atoms with Crippen LogP contribution in [0.5, 0.6) is 0 Å². The lowest BCUT2D eigenvalue weighted by molar-refractivity contribution is -0.136. The summed E-state index contributed by atoms with van der Waals surface area (Å²) in [6.45, 7) is 2.65. The third-order valence-corrected chi connectivity index (χ3v) is 5.35. The summed E-state index contributed by atoms with van der Waals surface area (Å²) >= 11 is 7.88. The standard InChI is InChI=1S/C15H19ClN2OS.ClH/c16-13-3-1-11(2-4-13)14-10-20-8-7-18(14)15(19)12-5-6-17-9-12;/h1-4,12,14,17H,5-10H2;1H. The third kappa shape index (κ3) is 3.86. The van der Waals surface area contributed by atoms with Crippen LogP contribution in [-0.4, -0.2) is 41.9 Å². The molecule has 6 heteroatoms. The zero-order valence-electron chi connectivity index (χ0n) is 11.8. The Morgan fingerprint density at radius 2 is 2.10 bits per heavy atom. The number of rotatable bonds is 2. The van der Waals surface area contributed by atoms with Crippen LogP contribution in [0.4, 0.5) is 0 Å². The van der Waals surface area contributed by atoms with Crippen molar-refractivity contribution in [3.8, 4) is 0 Å². The lowest BCUT2D eigenvalue weighted by Crippen LogP contribution is -2.44. The fourth-order valence-corrected chi connectivity index (χ4v) is 4.14.